The molecule has 0 radical (unpaired) electrons. The highest BCUT2D eigenvalue weighted by atomic mass is 19.1. The van der Waals surface area contributed by atoms with Crippen molar-refractivity contribution in [1.29, 1.82) is 0 Å². The number of aryl methyl sites for hydroxylation is 2. The zero-order valence-electron chi connectivity index (χ0n) is 17.5. The Kier molecular flexibility index (Phi) is 5.22. The molecule has 4 N–H and O–H groups in total. The molecule has 0 spiro atoms. The van der Waals surface area contributed by atoms with Gasteiger partial charge in [-0.15, -0.1) is 0 Å². The first-order chi connectivity index (χ1) is 15.2. The Balaban J connectivity index is 1.95. The Morgan fingerprint density at radius 3 is 1.34 bits per heavy atom. The van der Waals surface area contributed by atoms with E-state index in [1.54, 1.807) is 38.1 Å². The molecule has 0 aromatic heterocycles. The second-order valence-corrected chi connectivity index (χ2v) is 7.75. The molecule has 6 heteroatoms. The molecule has 4 nitrogen and oxygen atoms in total. The number of hydrogen-bond acceptors (Lipinski definition) is 4. The van der Waals surface area contributed by atoms with E-state index in [0.29, 0.717) is 21.9 Å². The van der Waals surface area contributed by atoms with Gasteiger partial charge in [-0.1, -0.05) is 24.3 Å². The number of hydrogen-bond donors (Lipinski definition) is 2. The third-order valence-electron chi connectivity index (χ3n) is 5.55. The number of rotatable bonds is 4. The van der Waals surface area contributed by atoms with Gasteiger partial charge in [0.25, 0.3) is 0 Å². The molecular formula is C26H20F2N2O2. The van der Waals surface area contributed by atoms with E-state index in [-0.39, 0.29) is 33.6 Å². The number of carbonyl (C=O) groups is 2. The van der Waals surface area contributed by atoms with Gasteiger partial charge in [-0.3, -0.25) is 9.59 Å². The zero-order chi connectivity index (χ0) is 23.2. The van der Waals surface area contributed by atoms with Crippen LogP contribution in [0.1, 0.15) is 43.0 Å². The lowest BCUT2D eigenvalue weighted by Gasteiger charge is -2.15. The molecule has 4 aromatic carbocycles. The molecule has 4 rings (SSSR count). The molecule has 0 aliphatic carbocycles. The number of anilines is 2. The van der Waals surface area contributed by atoms with Crippen LogP contribution in [0.25, 0.3) is 10.8 Å². The second-order valence-electron chi connectivity index (χ2n) is 7.75. The van der Waals surface area contributed by atoms with Crippen LogP contribution < -0.4 is 11.5 Å². The van der Waals surface area contributed by atoms with Crippen molar-refractivity contribution in [3.63, 3.8) is 0 Å². The monoisotopic (exact) mass is 430 g/mol. The topological polar surface area (TPSA) is 86.2 Å². The lowest BCUT2D eigenvalue weighted by atomic mass is 9.87. The Labute approximate surface area is 183 Å². The second kappa shape index (κ2) is 7.89. The standard InChI is InChI=1S/C26H20F2N2O2/c1-13-3-7-18-17(23(13)25(31)19-9-5-15(29)11-21(19)27)8-4-14(2)24(18)26(32)20-10-6-16(30)12-22(20)28/h3-12H,29-30H2,1-2H3. The van der Waals surface area contributed by atoms with Crippen LogP contribution in [0.5, 0.6) is 0 Å². The van der Waals surface area contributed by atoms with E-state index in [9.17, 15) is 18.4 Å². The van der Waals surface area contributed by atoms with E-state index >= 15 is 0 Å². The van der Waals surface area contributed by atoms with E-state index in [2.05, 4.69) is 0 Å². The fraction of sp³-hybridized carbons (Fsp3) is 0.0769. The SMILES string of the molecule is Cc1ccc2c(C(=O)c3ccc(N)cc3F)c(C)ccc2c1C(=O)c1ccc(N)cc1F. The van der Waals surface area contributed by atoms with Crippen molar-refractivity contribution in [1.82, 2.24) is 0 Å². The Morgan fingerprint density at radius 1 is 0.625 bits per heavy atom. The summed E-state index contributed by atoms with van der Waals surface area (Å²) in [5.41, 5.74) is 13.2. The van der Waals surface area contributed by atoms with Gasteiger partial charge in [-0.05, 0) is 72.1 Å². The van der Waals surface area contributed by atoms with E-state index in [1.807, 2.05) is 0 Å². The third-order valence-corrected chi connectivity index (χ3v) is 5.55. The number of nitrogens with two attached hydrogens (primary N) is 2. The van der Waals surface area contributed by atoms with Crippen LogP contribution in [-0.2, 0) is 0 Å². The van der Waals surface area contributed by atoms with Gasteiger partial charge in [0.2, 0.25) is 0 Å². The van der Waals surface area contributed by atoms with E-state index < -0.39 is 23.2 Å². The van der Waals surface area contributed by atoms with Gasteiger partial charge < -0.3 is 11.5 Å². The molecule has 0 fully saturated rings. The van der Waals surface area contributed by atoms with Crippen LogP contribution in [0.15, 0.2) is 60.7 Å². The largest absolute Gasteiger partial charge is 0.399 e. The first-order valence-electron chi connectivity index (χ1n) is 9.91. The fourth-order valence-electron chi connectivity index (χ4n) is 3.93. The van der Waals surface area contributed by atoms with Crippen LogP contribution in [0, 0.1) is 25.5 Å². The highest BCUT2D eigenvalue weighted by molar-refractivity contribution is 6.23. The normalized spacial score (nSPS) is 11.0. The summed E-state index contributed by atoms with van der Waals surface area (Å²) < 4.78 is 29.0. The smallest absolute Gasteiger partial charge is 0.196 e. The van der Waals surface area contributed by atoms with E-state index in [1.165, 1.54) is 24.3 Å². The lowest BCUT2D eigenvalue weighted by Crippen LogP contribution is -2.11. The van der Waals surface area contributed by atoms with Gasteiger partial charge in [0.1, 0.15) is 11.6 Å². The molecule has 0 aliphatic heterocycles. The van der Waals surface area contributed by atoms with Crippen molar-refractivity contribution in [2.45, 2.75) is 13.8 Å². The summed E-state index contributed by atoms with van der Waals surface area (Å²) in [7, 11) is 0. The minimum absolute atomic E-state index is 0.118. The average Bonchev–Trinajstić information content (AvgIpc) is 2.73. The van der Waals surface area contributed by atoms with Gasteiger partial charge in [0, 0.05) is 22.5 Å². The molecule has 0 amide bonds. The minimum Gasteiger partial charge on any atom is -0.399 e. The Morgan fingerprint density at radius 2 is 1.00 bits per heavy atom. The molecule has 32 heavy (non-hydrogen) atoms. The molecule has 0 bridgehead atoms. The number of ketones is 2. The highest BCUT2D eigenvalue weighted by Crippen LogP contribution is 2.32. The number of carbonyl (C=O) groups excluding carboxylic acids is 2. The maximum Gasteiger partial charge on any atom is 0.196 e. The van der Waals surface area contributed by atoms with E-state index in [0.717, 1.165) is 12.1 Å². The lowest BCUT2D eigenvalue weighted by molar-refractivity contribution is 0.102. The zero-order valence-corrected chi connectivity index (χ0v) is 17.5. The predicted molar refractivity (Wildman–Crippen MR) is 122 cm³/mol. The van der Waals surface area contributed by atoms with Crippen molar-refractivity contribution in [3.8, 4) is 0 Å². The van der Waals surface area contributed by atoms with Crippen molar-refractivity contribution >= 4 is 33.7 Å². The van der Waals surface area contributed by atoms with Gasteiger partial charge in [-0.25, -0.2) is 8.78 Å². The van der Waals surface area contributed by atoms with Gasteiger partial charge in [0.15, 0.2) is 11.6 Å². The van der Waals surface area contributed by atoms with Gasteiger partial charge in [0.05, 0.1) is 11.1 Å². The van der Waals surface area contributed by atoms with Crippen molar-refractivity contribution in [2.24, 2.45) is 0 Å². The molecule has 160 valence electrons. The molecule has 4 aromatic rings. The van der Waals surface area contributed by atoms with Crippen LogP contribution >= 0.6 is 0 Å². The fourth-order valence-corrected chi connectivity index (χ4v) is 3.93. The first kappa shape index (κ1) is 21.2. The Hall–Kier alpha value is -4.06. The third kappa shape index (κ3) is 3.50. The molecule has 0 saturated heterocycles. The summed E-state index contributed by atoms with van der Waals surface area (Å²) >= 11 is 0. The van der Waals surface area contributed by atoms with Crippen LogP contribution in [0.2, 0.25) is 0 Å². The van der Waals surface area contributed by atoms with Gasteiger partial charge >= 0.3 is 0 Å². The van der Waals surface area contributed by atoms with Gasteiger partial charge in [-0.2, -0.15) is 0 Å². The summed E-state index contributed by atoms with van der Waals surface area (Å²) in [5.74, 6) is -2.49. The highest BCUT2D eigenvalue weighted by Gasteiger charge is 2.23. The maximum absolute atomic E-state index is 14.5. The maximum atomic E-state index is 14.5. The number of fused-ring (bicyclic) bond motifs is 1. The van der Waals surface area contributed by atoms with Crippen LogP contribution in [-0.4, -0.2) is 11.6 Å². The van der Waals surface area contributed by atoms with Crippen LogP contribution in [0.3, 0.4) is 0 Å². The molecule has 0 heterocycles. The molecule has 0 saturated carbocycles. The van der Waals surface area contributed by atoms with E-state index in [4.69, 9.17) is 11.5 Å². The number of benzene rings is 4. The molecule has 0 atom stereocenters. The van der Waals surface area contributed by atoms with Crippen molar-refractivity contribution in [3.05, 3.63) is 106 Å². The molecule has 0 unspecified atom stereocenters. The summed E-state index contributed by atoms with van der Waals surface area (Å²) in [6.45, 7) is 3.48. The quantitative estimate of drug-likeness (QED) is 0.337. The molecule has 0 aliphatic rings. The van der Waals surface area contributed by atoms with Crippen molar-refractivity contribution < 1.29 is 18.4 Å². The van der Waals surface area contributed by atoms with Crippen LogP contribution in [0.4, 0.5) is 20.2 Å². The molecular weight excluding hydrogens is 410 g/mol. The van der Waals surface area contributed by atoms with Crippen molar-refractivity contribution in [2.75, 3.05) is 11.5 Å². The minimum atomic E-state index is -0.723. The number of nitrogen functional groups attached to an aromatic ring is 2. The summed E-state index contributed by atoms with van der Waals surface area (Å²) in [5, 5.41) is 0.965. The summed E-state index contributed by atoms with van der Waals surface area (Å²) in [4.78, 5) is 26.6. The number of halogens is 2. The summed E-state index contributed by atoms with van der Waals surface area (Å²) in [6, 6.07) is 14.6. The first-order valence-corrected chi connectivity index (χ1v) is 9.91. The summed E-state index contributed by atoms with van der Waals surface area (Å²) in [6.07, 6.45) is 0. The average molecular weight is 430 g/mol. The predicted octanol–water partition coefficient (Wildman–Crippen LogP) is 5.36. The Bertz CT molecular complexity index is 1320.